The first-order valence-electron chi connectivity index (χ1n) is 10.1. The van der Waals surface area contributed by atoms with E-state index in [2.05, 4.69) is 10.00 Å². The second kappa shape index (κ2) is 7.89. The molecule has 3 heterocycles. The van der Waals surface area contributed by atoms with Crippen molar-refractivity contribution >= 4 is 17.6 Å². The Morgan fingerprint density at radius 1 is 1.17 bits per heavy atom. The maximum absolute atomic E-state index is 12.9. The van der Waals surface area contributed by atoms with Crippen molar-refractivity contribution in [3.8, 4) is 0 Å². The molecule has 9 heteroatoms. The number of likely N-dealkylation sites (tertiary alicyclic amines) is 2. The van der Waals surface area contributed by atoms with E-state index in [4.69, 9.17) is 11.6 Å². The van der Waals surface area contributed by atoms with Gasteiger partial charge in [0.1, 0.15) is 0 Å². The number of alkyl halides is 3. The number of aryl methyl sites for hydroxylation is 1. The molecule has 1 aromatic carbocycles. The van der Waals surface area contributed by atoms with Crippen LogP contribution in [-0.2, 0) is 12.7 Å². The number of hydrogen-bond donors (Lipinski definition) is 0. The molecule has 2 aliphatic heterocycles. The third kappa shape index (κ3) is 4.07. The van der Waals surface area contributed by atoms with E-state index >= 15 is 0 Å². The molecule has 0 radical (unpaired) electrons. The van der Waals surface area contributed by atoms with Crippen LogP contribution in [0.5, 0.6) is 0 Å². The molecule has 5 nitrogen and oxygen atoms in total. The second-order valence-electron chi connectivity index (χ2n) is 8.22. The summed E-state index contributed by atoms with van der Waals surface area (Å²) >= 11 is 6.19. The zero-order chi connectivity index (χ0) is 21.5. The number of piperidine rings is 1. The third-order valence-electron chi connectivity index (χ3n) is 6.37. The number of halogens is 4. The number of nitrogens with zero attached hydrogens (tertiary/aromatic N) is 4. The Balaban J connectivity index is 1.44. The molecule has 4 rings (SSSR count). The number of rotatable bonds is 2. The Morgan fingerprint density at radius 2 is 1.90 bits per heavy atom. The predicted molar refractivity (Wildman–Crippen MR) is 107 cm³/mol. The average molecular weight is 441 g/mol. The summed E-state index contributed by atoms with van der Waals surface area (Å²) in [5.41, 5.74) is 0.736. The lowest BCUT2D eigenvalue weighted by Crippen LogP contribution is -2.53. The molecular formula is C21H24ClF3N4O. The van der Waals surface area contributed by atoms with Gasteiger partial charge in [-0.05, 0) is 62.9 Å². The van der Waals surface area contributed by atoms with E-state index < -0.39 is 11.7 Å². The minimum absolute atomic E-state index is 0.0388. The van der Waals surface area contributed by atoms with Crippen LogP contribution in [0.25, 0.3) is 0 Å². The van der Waals surface area contributed by atoms with Gasteiger partial charge in [0.2, 0.25) is 0 Å². The quantitative estimate of drug-likeness (QED) is 0.662. The molecule has 30 heavy (non-hydrogen) atoms. The lowest BCUT2D eigenvalue weighted by molar-refractivity contribution is -0.137. The van der Waals surface area contributed by atoms with Gasteiger partial charge in [0.15, 0.2) is 0 Å². The molecule has 0 atom stereocenters. The van der Waals surface area contributed by atoms with Crippen molar-refractivity contribution in [3.05, 3.63) is 52.3 Å². The van der Waals surface area contributed by atoms with Crippen molar-refractivity contribution in [1.82, 2.24) is 19.6 Å². The van der Waals surface area contributed by atoms with Crippen LogP contribution in [0.3, 0.4) is 0 Å². The molecule has 0 unspecified atom stereocenters. The van der Waals surface area contributed by atoms with Crippen molar-refractivity contribution in [2.45, 2.75) is 50.9 Å². The Morgan fingerprint density at radius 3 is 2.50 bits per heavy atom. The third-order valence-corrected chi connectivity index (χ3v) is 6.72. The van der Waals surface area contributed by atoms with Gasteiger partial charge >= 0.3 is 12.2 Å². The van der Waals surface area contributed by atoms with Gasteiger partial charge in [-0.15, -0.1) is 0 Å². The lowest BCUT2D eigenvalue weighted by atomic mass is 9.84. The van der Waals surface area contributed by atoms with E-state index in [0.29, 0.717) is 25.2 Å². The van der Waals surface area contributed by atoms with Crippen LogP contribution >= 0.6 is 11.6 Å². The summed E-state index contributed by atoms with van der Waals surface area (Å²) in [4.78, 5) is 16.8. The van der Waals surface area contributed by atoms with Gasteiger partial charge in [0.25, 0.3) is 0 Å². The lowest BCUT2D eigenvalue weighted by Gasteiger charge is -2.45. The monoisotopic (exact) mass is 440 g/mol. The molecule has 1 spiro atoms. The van der Waals surface area contributed by atoms with E-state index in [0.717, 1.165) is 50.1 Å². The average Bonchev–Trinajstić information content (AvgIpc) is 3.29. The van der Waals surface area contributed by atoms with Crippen LogP contribution in [0, 0.1) is 6.92 Å². The Hall–Kier alpha value is -2.06. The topological polar surface area (TPSA) is 41.4 Å². The van der Waals surface area contributed by atoms with Crippen molar-refractivity contribution in [3.63, 3.8) is 0 Å². The largest absolute Gasteiger partial charge is 0.416 e. The molecule has 0 bridgehead atoms. The van der Waals surface area contributed by atoms with Gasteiger partial charge in [0.05, 0.1) is 11.3 Å². The molecule has 2 saturated heterocycles. The standard InChI is InChI=1S/C21H24ClF3N4O/c1-15-5-10-29(26-15)19(30)27-11-7-20(8-12-27)6-2-9-28(20)14-16-3-4-17(13-18(16)22)21(23,24)25/h3-5,10,13H,2,6-9,11-12,14H2,1H3. The molecule has 0 N–H and O–H groups in total. The van der Waals surface area contributed by atoms with Gasteiger partial charge in [-0.25, -0.2) is 4.79 Å². The Labute approximate surface area is 178 Å². The van der Waals surface area contributed by atoms with Crippen LogP contribution in [0.1, 0.15) is 42.5 Å². The Bertz CT molecular complexity index is 935. The number of benzene rings is 1. The maximum Gasteiger partial charge on any atom is 0.416 e. The van der Waals surface area contributed by atoms with E-state index in [1.807, 2.05) is 11.8 Å². The van der Waals surface area contributed by atoms with E-state index in [9.17, 15) is 18.0 Å². The zero-order valence-electron chi connectivity index (χ0n) is 16.8. The number of aromatic nitrogens is 2. The van der Waals surface area contributed by atoms with E-state index in [-0.39, 0.29) is 16.6 Å². The Kier molecular flexibility index (Phi) is 5.57. The number of hydrogen-bond acceptors (Lipinski definition) is 3. The SMILES string of the molecule is Cc1ccn(C(=O)N2CCC3(CCCN3Cc3ccc(C(F)(F)F)cc3Cl)CC2)n1. The summed E-state index contributed by atoms with van der Waals surface area (Å²) in [5, 5.41) is 4.35. The minimum Gasteiger partial charge on any atom is -0.323 e. The second-order valence-corrected chi connectivity index (χ2v) is 8.63. The normalized spacial score (nSPS) is 19.6. The highest BCUT2D eigenvalue weighted by Gasteiger charge is 2.44. The van der Waals surface area contributed by atoms with Crippen LogP contribution in [0.15, 0.2) is 30.5 Å². The van der Waals surface area contributed by atoms with E-state index in [1.54, 1.807) is 12.3 Å². The maximum atomic E-state index is 12.9. The smallest absolute Gasteiger partial charge is 0.323 e. The van der Waals surface area contributed by atoms with E-state index in [1.165, 1.54) is 10.7 Å². The van der Waals surface area contributed by atoms with Crippen molar-refractivity contribution in [2.24, 2.45) is 0 Å². The van der Waals surface area contributed by atoms with Gasteiger partial charge in [0, 0.05) is 36.4 Å². The fourth-order valence-corrected chi connectivity index (χ4v) is 4.89. The number of carbonyl (C=O) groups is 1. The summed E-state index contributed by atoms with van der Waals surface area (Å²) < 4.78 is 40.1. The summed E-state index contributed by atoms with van der Waals surface area (Å²) in [5.74, 6) is 0. The molecule has 2 fully saturated rings. The summed E-state index contributed by atoms with van der Waals surface area (Å²) in [6.07, 6.45) is 0.993. The summed E-state index contributed by atoms with van der Waals surface area (Å²) in [6, 6.07) is 5.27. The molecule has 0 saturated carbocycles. The molecule has 1 aromatic heterocycles. The molecule has 2 aliphatic rings. The zero-order valence-corrected chi connectivity index (χ0v) is 17.5. The van der Waals surface area contributed by atoms with Crippen LogP contribution in [-0.4, -0.2) is 50.8 Å². The van der Waals surface area contributed by atoms with Crippen molar-refractivity contribution in [2.75, 3.05) is 19.6 Å². The fraction of sp³-hybridized carbons (Fsp3) is 0.524. The minimum atomic E-state index is -4.40. The van der Waals surface area contributed by atoms with Gasteiger partial charge in [-0.2, -0.15) is 23.0 Å². The van der Waals surface area contributed by atoms with Crippen LogP contribution < -0.4 is 0 Å². The van der Waals surface area contributed by atoms with Gasteiger partial charge < -0.3 is 4.90 Å². The molecule has 1 amide bonds. The summed E-state index contributed by atoms with van der Waals surface area (Å²) in [6.45, 7) is 4.51. The highest BCUT2D eigenvalue weighted by molar-refractivity contribution is 6.31. The first-order valence-corrected chi connectivity index (χ1v) is 10.5. The van der Waals surface area contributed by atoms with Crippen LogP contribution in [0.4, 0.5) is 18.0 Å². The number of amides is 1. The molecule has 2 aromatic rings. The first kappa shape index (κ1) is 21.2. The summed E-state index contributed by atoms with van der Waals surface area (Å²) in [7, 11) is 0. The van der Waals surface area contributed by atoms with Crippen molar-refractivity contribution < 1.29 is 18.0 Å². The van der Waals surface area contributed by atoms with Crippen LogP contribution in [0.2, 0.25) is 5.02 Å². The van der Waals surface area contributed by atoms with Gasteiger partial charge in [-0.1, -0.05) is 17.7 Å². The molecular weight excluding hydrogens is 417 g/mol. The first-order chi connectivity index (χ1) is 14.2. The molecule has 162 valence electrons. The predicted octanol–water partition coefficient (Wildman–Crippen LogP) is 4.96. The van der Waals surface area contributed by atoms with Crippen molar-refractivity contribution in [1.29, 1.82) is 0 Å². The fourth-order valence-electron chi connectivity index (χ4n) is 4.65. The highest BCUT2D eigenvalue weighted by Crippen LogP contribution is 2.40. The number of carbonyl (C=O) groups excluding carboxylic acids is 1. The molecule has 0 aliphatic carbocycles. The highest BCUT2D eigenvalue weighted by atomic mass is 35.5. The van der Waals surface area contributed by atoms with Gasteiger partial charge in [-0.3, -0.25) is 4.90 Å².